The van der Waals surface area contributed by atoms with Crippen LogP contribution in [-0.2, 0) is 4.79 Å². The van der Waals surface area contributed by atoms with Crippen molar-refractivity contribution in [1.29, 1.82) is 0 Å². The zero-order valence-electron chi connectivity index (χ0n) is 4.69. The lowest BCUT2D eigenvalue weighted by Gasteiger charge is -2.01. The normalized spacial score (nSPS) is 13.8. The highest BCUT2D eigenvalue weighted by molar-refractivity contribution is 5.49. The predicted octanol–water partition coefficient (Wildman–Crippen LogP) is 1.57. The van der Waals surface area contributed by atoms with Crippen LogP contribution in [0.1, 0.15) is 12.8 Å². The molecule has 1 nitrogen and oxygen atoms in total. The number of hydrogen-bond donors (Lipinski definition) is 0. The van der Waals surface area contributed by atoms with Crippen molar-refractivity contribution in [1.82, 2.24) is 0 Å². The minimum absolute atomic E-state index is 0.133. The van der Waals surface area contributed by atoms with Gasteiger partial charge in [-0.15, -0.1) is 0 Å². The van der Waals surface area contributed by atoms with Crippen molar-refractivity contribution < 1.29 is 18.0 Å². The Labute approximate surface area is 50.9 Å². The highest BCUT2D eigenvalue weighted by Gasteiger charge is 2.17. The van der Waals surface area contributed by atoms with E-state index in [1.54, 1.807) is 0 Å². The molecule has 0 amide bonds. The molecule has 1 unspecified atom stereocenters. The first-order valence-corrected chi connectivity index (χ1v) is 2.54. The molecule has 9 heavy (non-hydrogen) atoms. The Hall–Kier alpha value is -0.540. The molecular formula is C5H7F3O. The van der Waals surface area contributed by atoms with Gasteiger partial charge in [0.25, 0.3) is 6.43 Å². The summed E-state index contributed by atoms with van der Waals surface area (Å²) in [6.45, 7) is 0. The van der Waals surface area contributed by atoms with E-state index in [4.69, 9.17) is 0 Å². The summed E-state index contributed by atoms with van der Waals surface area (Å²) >= 11 is 0. The van der Waals surface area contributed by atoms with Gasteiger partial charge in [0.15, 0.2) is 6.17 Å². The van der Waals surface area contributed by atoms with Crippen molar-refractivity contribution in [2.45, 2.75) is 25.4 Å². The Bertz CT molecular complexity index is 84.3. The molecule has 0 N–H and O–H groups in total. The highest BCUT2D eigenvalue weighted by Crippen LogP contribution is 2.09. The van der Waals surface area contributed by atoms with Crippen LogP contribution in [0, 0.1) is 0 Å². The summed E-state index contributed by atoms with van der Waals surface area (Å²) < 4.78 is 34.3. The quantitative estimate of drug-likeness (QED) is 0.541. The molecule has 0 heterocycles. The molecule has 0 rings (SSSR count). The number of hydrogen-bond acceptors (Lipinski definition) is 1. The van der Waals surface area contributed by atoms with Crippen LogP contribution in [0.2, 0.25) is 0 Å². The summed E-state index contributed by atoms with van der Waals surface area (Å²) in [5, 5.41) is 0. The summed E-state index contributed by atoms with van der Waals surface area (Å²) in [6.07, 6.45) is -5.18. The third-order valence-electron chi connectivity index (χ3n) is 0.834. The van der Waals surface area contributed by atoms with Gasteiger partial charge in [0, 0.05) is 6.42 Å². The largest absolute Gasteiger partial charge is 0.303 e. The first kappa shape index (κ1) is 8.46. The van der Waals surface area contributed by atoms with Crippen molar-refractivity contribution in [3.8, 4) is 0 Å². The van der Waals surface area contributed by atoms with Gasteiger partial charge in [-0.2, -0.15) is 0 Å². The van der Waals surface area contributed by atoms with Crippen LogP contribution in [0.15, 0.2) is 0 Å². The lowest BCUT2D eigenvalue weighted by atomic mass is 10.2. The van der Waals surface area contributed by atoms with Gasteiger partial charge in [0.1, 0.15) is 6.29 Å². The SMILES string of the molecule is O=CCCC(F)C(F)F. The summed E-state index contributed by atoms with van der Waals surface area (Å²) in [5.74, 6) is 0. The number of carbonyl (C=O) groups is 1. The van der Waals surface area contributed by atoms with Gasteiger partial charge in [-0.25, -0.2) is 13.2 Å². The molecule has 0 aliphatic carbocycles. The van der Waals surface area contributed by atoms with Crippen LogP contribution in [0.5, 0.6) is 0 Å². The second-order valence-electron chi connectivity index (χ2n) is 1.59. The second kappa shape index (κ2) is 4.35. The van der Waals surface area contributed by atoms with Crippen molar-refractivity contribution in [2.24, 2.45) is 0 Å². The van der Waals surface area contributed by atoms with E-state index in [0.29, 0.717) is 6.29 Å². The Morgan fingerprint density at radius 3 is 2.22 bits per heavy atom. The molecule has 54 valence electrons. The average molecular weight is 140 g/mol. The maximum Gasteiger partial charge on any atom is 0.269 e. The number of aldehydes is 1. The van der Waals surface area contributed by atoms with Crippen LogP contribution in [0.25, 0.3) is 0 Å². The molecule has 0 aromatic rings. The van der Waals surface area contributed by atoms with Crippen LogP contribution in [-0.4, -0.2) is 18.9 Å². The maximum absolute atomic E-state index is 11.8. The molecule has 0 radical (unpaired) electrons. The Kier molecular flexibility index (Phi) is 4.09. The standard InChI is InChI=1S/C5H7F3O/c6-4(5(7)8)2-1-3-9/h3-5H,1-2H2. The Balaban J connectivity index is 3.26. The predicted molar refractivity (Wildman–Crippen MR) is 26.2 cm³/mol. The smallest absolute Gasteiger partial charge is 0.269 e. The molecule has 0 aromatic carbocycles. The fourth-order valence-corrected chi connectivity index (χ4v) is 0.353. The Morgan fingerprint density at radius 2 is 1.89 bits per heavy atom. The summed E-state index contributed by atoms with van der Waals surface area (Å²) in [6, 6.07) is 0. The van der Waals surface area contributed by atoms with Gasteiger partial charge in [-0.1, -0.05) is 0 Å². The molecule has 0 saturated carbocycles. The minimum Gasteiger partial charge on any atom is -0.303 e. The van der Waals surface area contributed by atoms with Crippen molar-refractivity contribution in [3.05, 3.63) is 0 Å². The van der Waals surface area contributed by atoms with E-state index >= 15 is 0 Å². The zero-order valence-corrected chi connectivity index (χ0v) is 4.69. The van der Waals surface area contributed by atoms with E-state index in [1.165, 1.54) is 0 Å². The van der Waals surface area contributed by atoms with E-state index in [9.17, 15) is 18.0 Å². The molecule has 4 heteroatoms. The van der Waals surface area contributed by atoms with E-state index in [1.807, 2.05) is 0 Å². The van der Waals surface area contributed by atoms with E-state index in [0.717, 1.165) is 0 Å². The first-order chi connectivity index (χ1) is 4.18. The van der Waals surface area contributed by atoms with Crippen LogP contribution in [0.4, 0.5) is 13.2 Å². The third-order valence-corrected chi connectivity index (χ3v) is 0.834. The molecular weight excluding hydrogens is 133 g/mol. The van der Waals surface area contributed by atoms with Crippen LogP contribution in [0.3, 0.4) is 0 Å². The number of halogens is 3. The minimum atomic E-state index is -2.95. The molecule has 0 fully saturated rings. The molecule has 1 atom stereocenters. The van der Waals surface area contributed by atoms with Gasteiger partial charge in [-0.05, 0) is 6.42 Å². The summed E-state index contributed by atoms with van der Waals surface area (Å²) in [7, 11) is 0. The van der Waals surface area contributed by atoms with Crippen molar-refractivity contribution in [2.75, 3.05) is 0 Å². The molecule has 0 aliphatic rings. The molecule has 0 aromatic heterocycles. The fraction of sp³-hybridized carbons (Fsp3) is 0.800. The van der Waals surface area contributed by atoms with Crippen molar-refractivity contribution in [3.63, 3.8) is 0 Å². The highest BCUT2D eigenvalue weighted by atomic mass is 19.3. The Morgan fingerprint density at radius 1 is 1.33 bits per heavy atom. The van der Waals surface area contributed by atoms with Gasteiger partial charge >= 0.3 is 0 Å². The van der Waals surface area contributed by atoms with Gasteiger partial charge in [0.05, 0.1) is 0 Å². The van der Waals surface area contributed by atoms with Gasteiger partial charge in [0.2, 0.25) is 0 Å². The number of alkyl halides is 3. The molecule has 0 spiro atoms. The topological polar surface area (TPSA) is 17.1 Å². The van der Waals surface area contributed by atoms with Gasteiger partial charge in [-0.3, -0.25) is 0 Å². The monoisotopic (exact) mass is 140 g/mol. The van der Waals surface area contributed by atoms with E-state index in [2.05, 4.69) is 0 Å². The van der Waals surface area contributed by atoms with Crippen LogP contribution < -0.4 is 0 Å². The molecule has 0 saturated heterocycles. The number of rotatable bonds is 4. The maximum atomic E-state index is 11.8. The molecule has 0 bridgehead atoms. The lowest BCUT2D eigenvalue weighted by molar-refractivity contribution is -0.108. The molecule has 0 aliphatic heterocycles. The summed E-state index contributed by atoms with van der Waals surface area (Å²) in [5.41, 5.74) is 0. The van der Waals surface area contributed by atoms with Gasteiger partial charge < -0.3 is 4.79 Å². The zero-order chi connectivity index (χ0) is 7.28. The summed E-state index contributed by atoms with van der Waals surface area (Å²) in [4.78, 5) is 9.52. The fourth-order valence-electron chi connectivity index (χ4n) is 0.353. The van der Waals surface area contributed by atoms with E-state index < -0.39 is 12.6 Å². The van der Waals surface area contributed by atoms with E-state index in [-0.39, 0.29) is 12.8 Å². The van der Waals surface area contributed by atoms with Crippen LogP contribution >= 0.6 is 0 Å². The van der Waals surface area contributed by atoms with Crippen molar-refractivity contribution >= 4 is 6.29 Å². The lowest BCUT2D eigenvalue weighted by Crippen LogP contribution is -2.11. The number of carbonyl (C=O) groups excluding carboxylic acids is 1. The second-order valence-corrected chi connectivity index (χ2v) is 1.59. The first-order valence-electron chi connectivity index (χ1n) is 2.54. The average Bonchev–Trinajstić information content (AvgIpc) is 1.82. The third kappa shape index (κ3) is 4.00.